The summed E-state index contributed by atoms with van der Waals surface area (Å²) in [7, 11) is 1.35. The SMILES string of the molecule is COC(=O)c1cc2cc(CCc3cccc(NC(=O)c4ccc5[nH]ccc5c4)c3)cnc2[nH]1. The van der Waals surface area contributed by atoms with E-state index in [1.807, 2.05) is 67.0 Å². The summed E-state index contributed by atoms with van der Waals surface area (Å²) >= 11 is 0. The van der Waals surface area contributed by atoms with Crippen LogP contribution in [0, 0.1) is 0 Å². The Labute approximate surface area is 189 Å². The van der Waals surface area contributed by atoms with Crippen molar-refractivity contribution in [2.45, 2.75) is 12.8 Å². The lowest BCUT2D eigenvalue weighted by Crippen LogP contribution is -2.11. The Hall–Kier alpha value is -4.39. The summed E-state index contributed by atoms with van der Waals surface area (Å²) in [4.78, 5) is 34.9. The fourth-order valence-electron chi connectivity index (χ4n) is 3.91. The number of anilines is 1. The third kappa shape index (κ3) is 4.34. The molecule has 0 spiro atoms. The highest BCUT2D eigenvalue weighted by molar-refractivity contribution is 6.06. The molecule has 0 unspecified atom stereocenters. The average Bonchev–Trinajstić information content (AvgIpc) is 3.48. The highest BCUT2D eigenvalue weighted by Gasteiger charge is 2.11. The van der Waals surface area contributed by atoms with Crippen molar-refractivity contribution in [1.82, 2.24) is 15.0 Å². The van der Waals surface area contributed by atoms with Crippen molar-refractivity contribution >= 4 is 39.5 Å². The molecule has 7 heteroatoms. The number of carbonyl (C=O) groups excluding carboxylic acids is 2. The number of aromatic amines is 2. The summed E-state index contributed by atoms with van der Waals surface area (Å²) in [6.07, 6.45) is 5.24. The first kappa shape index (κ1) is 20.5. The van der Waals surface area contributed by atoms with E-state index < -0.39 is 5.97 Å². The van der Waals surface area contributed by atoms with E-state index >= 15 is 0 Å². The van der Waals surface area contributed by atoms with Gasteiger partial charge in [-0.3, -0.25) is 4.79 Å². The molecule has 5 rings (SSSR count). The molecule has 0 aliphatic rings. The lowest BCUT2D eigenvalue weighted by molar-refractivity contribution is 0.0595. The number of methoxy groups -OCH3 is 1. The maximum atomic E-state index is 12.7. The number of aromatic nitrogens is 3. The zero-order valence-corrected chi connectivity index (χ0v) is 18.0. The second kappa shape index (κ2) is 8.63. The van der Waals surface area contributed by atoms with Gasteiger partial charge in [-0.05, 0) is 72.5 Å². The van der Waals surface area contributed by atoms with Crippen molar-refractivity contribution in [3.8, 4) is 0 Å². The van der Waals surface area contributed by atoms with Crippen molar-refractivity contribution < 1.29 is 14.3 Å². The maximum Gasteiger partial charge on any atom is 0.354 e. The van der Waals surface area contributed by atoms with Crippen molar-refractivity contribution in [1.29, 1.82) is 0 Å². The predicted molar refractivity (Wildman–Crippen MR) is 128 cm³/mol. The van der Waals surface area contributed by atoms with Crippen LogP contribution in [0.15, 0.2) is 73.1 Å². The van der Waals surface area contributed by atoms with Crippen LogP contribution in [-0.2, 0) is 17.6 Å². The average molecular weight is 438 g/mol. The molecule has 1 amide bonds. The topological polar surface area (TPSA) is 99.9 Å². The van der Waals surface area contributed by atoms with Gasteiger partial charge >= 0.3 is 5.97 Å². The third-order valence-corrected chi connectivity index (χ3v) is 5.63. The summed E-state index contributed by atoms with van der Waals surface area (Å²) in [5, 5.41) is 4.86. The van der Waals surface area contributed by atoms with Gasteiger partial charge in [-0.15, -0.1) is 0 Å². The molecule has 33 heavy (non-hydrogen) atoms. The Morgan fingerprint density at radius 1 is 0.970 bits per heavy atom. The molecule has 0 radical (unpaired) electrons. The standard InChI is InChI=1S/C26H22N4O3/c1-33-26(32)23-14-20-11-17(15-28-24(20)30-23)6-5-16-3-2-4-21(12-16)29-25(31)19-7-8-22-18(13-19)9-10-27-22/h2-4,7-15,27H,5-6H2,1H3,(H,28,30)(H,29,31). The zero-order valence-electron chi connectivity index (χ0n) is 18.0. The molecular formula is C26H22N4O3. The van der Waals surface area contributed by atoms with E-state index in [-0.39, 0.29) is 5.91 Å². The molecule has 0 atom stereocenters. The smallest absolute Gasteiger partial charge is 0.354 e. The molecule has 3 heterocycles. The Morgan fingerprint density at radius 3 is 2.73 bits per heavy atom. The van der Waals surface area contributed by atoms with Crippen LogP contribution >= 0.6 is 0 Å². The fraction of sp³-hybridized carbons (Fsp3) is 0.115. The number of aryl methyl sites for hydroxylation is 2. The van der Waals surface area contributed by atoms with Crippen LogP contribution in [0.4, 0.5) is 5.69 Å². The predicted octanol–water partition coefficient (Wildman–Crippen LogP) is 4.87. The molecule has 3 aromatic heterocycles. The molecule has 0 aliphatic heterocycles. The van der Waals surface area contributed by atoms with Gasteiger partial charge in [-0.25, -0.2) is 9.78 Å². The number of benzene rings is 2. The summed E-state index contributed by atoms with van der Waals surface area (Å²) in [5.74, 6) is -0.555. The van der Waals surface area contributed by atoms with Gasteiger partial charge in [0.1, 0.15) is 11.3 Å². The molecule has 7 nitrogen and oxygen atoms in total. The first-order chi connectivity index (χ1) is 16.1. The van der Waals surface area contributed by atoms with Gasteiger partial charge in [0.2, 0.25) is 0 Å². The third-order valence-electron chi connectivity index (χ3n) is 5.63. The maximum absolute atomic E-state index is 12.7. The van der Waals surface area contributed by atoms with Crippen molar-refractivity contribution in [3.63, 3.8) is 0 Å². The number of fused-ring (bicyclic) bond motifs is 2. The Bertz CT molecular complexity index is 1480. The first-order valence-corrected chi connectivity index (χ1v) is 10.6. The normalized spacial score (nSPS) is 11.1. The van der Waals surface area contributed by atoms with Crippen LogP contribution < -0.4 is 5.32 Å². The van der Waals surface area contributed by atoms with Crippen LogP contribution in [0.3, 0.4) is 0 Å². The summed E-state index contributed by atoms with van der Waals surface area (Å²) in [6.45, 7) is 0. The van der Waals surface area contributed by atoms with Gasteiger partial charge in [0.25, 0.3) is 5.91 Å². The van der Waals surface area contributed by atoms with Crippen molar-refractivity contribution in [2.24, 2.45) is 0 Å². The van der Waals surface area contributed by atoms with Crippen LogP contribution in [0.2, 0.25) is 0 Å². The van der Waals surface area contributed by atoms with E-state index in [9.17, 15) is 9.59 Å². The van der Waals surface area contributed by atoms with Crippen LogP contribution in [-0.4, -0.2) is 33.9 Å². The molecule has 3 N–H and O–H groups in total. The minimum atomic E-state index is -0.415. The number of nitrogens with zero attached hydrogens (tertiary/aromatic N) is 1. The number of carbonyl (C=O) groups is 2. The van der Waals surface area contributed by atoms with E-state index in [4.69, 9.17) is 4.74 Å². The number of pyridine rings is 1. The monoisotopic (exact) mass is 438 g/mol. The van der Waals surface area contributed by atoms with E-state index in [0.717, 1.165) is 45.9 Å². The van der Waals surface area contributed by atoms with E-state index in [2.05, 4.69) is 20.3 Å². The van der Waals surface area contributed by atoms with Crippen molar-refractivity contribution in [2.75, 3.05) is 12.4 Å². The lowest BCUT2D eigenvalue weighted by Gasteiger charge is -2.08. The lowest BCUT2D eigenvalue weighted by atomic mass is 10.0. The molecule has 0 fully saturated rings. The molecule has 164 valence electrons. The zero-order chi connectivity index (χ0) is 22.8. The highest BCUT2D eigenvalue weighted by Crippen LogP contribution is 2.19. The first-order valence-electron chi connectivity index (χ1n) is 10.6. The number of hydrogen-bond acceptors (Lipinski definition) is 4. The minimum Gasteiger partial charge on any atom is -0.464 e. The Balaban J connectivity index is 1.26. The minimum absolute atomic E-state index is 0.140. The number of amides is 1. The summed E-state index contributed by atoms with van der Waals surface area (Å²) < 4.78 is 4.75. The van der Waals surface area contributed by atoms with E-state index in [1.165, 1.54) is 7.11 Å². The molecule has 0 saturated heterocycles. The second-order valence-electron chi connectivity index (χ2n) is 7.89. The number of hydrogen-bond donors (Lipinski definition) is 3. The Kier molecular flexibility index (Phi) is 5.36. The van der Waals surface area contributed by atoms with Gasteiger partial charge in [-0.2, -0.15) is 0 Å². The number of ether oxygens (including phenoxy) is 1. The second-order valence-corrected chi connectivity index (χ2v) is 7.89. The number of H-pyrrole nitrogens is 2. The Morgan fingerprint density at radius 2 is 1.85 bits per heavy atom. The molecule has 0 aliphatic carbocycles. The molecule has 5 aromatic rings. The molecule has 0 saturated carbocycles. The molecule has 2 aromatic carbocycles. The van der Waals surface area contributed by atoms with Crippen molar-refractivity contribution in [3.05, 3.63) is 95.4 Å². The van der Waals surface area contributed by atoms with Crippen LogP contribution in [0.1, 0.15) is 32.0 Å². The largest absolute Gasteiger partial charge is 0.464 e. The summed E-state index contributed by atoms with van der Waals surface area (Å²) in [6, 6.07) is 19.2. The molecule has 0 bridgehead atoms. The van der Waals surface area contributed by atoms with Gasteiger partial charge < -0.3 is 20.0 Å². The fourth-order valence-corrected chi connectivity index (χ4v) is 3.91. The quantitative estimate of drug-likeness (QED) is 0.329. The molecular weight excluding hydrogens is 416 g/mol. The number of esters is 1. The number of nitrogens with one attached hydrogen (secondary N) is 3. The van der Waals surface area contributed by atoms with Gasteiger partial charge in [0.15, 0.2) is 0 Å². The summed E-state index contributed by atoms with van der Waals surface area (Å²) in [5.41, 5.74) is 5.59. The van der Waals surface area contributed by atoms with Gasteiger partial charge in [0, 0.05) is 39.9 Å². The van der Waals surface area contributed by atoms with Crippen LogP contribution in [0.5, 0.6) is 0 Å². The van der Waals surface area contributed by atoms with Crippen LogP contribution in [0.25, 0.3) is 21.9 Å². The van der Waals surface area contributed by atoms with Gasteiger partial charge in [0.05, 0.1) is 7.11 Å². The highest BCUT2D eigenvalue weighted by atomic mass is 16.5. The number of rotatable bonds is 6. The van der Waals surface area contributed by atoms with E-state index in [1.54, 1.807) is 6.07 Å². The van der Waals surface area contributed by atoms with E-state index in [0.29, 0.717) is 16.9 Å². The van der Waals surface area contributed by atoms with Gasteiger partial charge in [-0.1, -0.05) is 12.1 Å².